The normalized spacial score (nSPS) is 22.1. The zero-order valence-corrected chi connectivity index (χ0v) is 25.3. The average Bonchev–Trinajstić information content (AvgIpc) is 3.63. The average molecular weight is 630 g/mol. The van der Waals surface area contributed by atoms with E-state index in [1.807, 2.05) is 18.2 Å². The molecule has 3 atom stereocenters. The maximum absolute atomic E-state index is 13.3. The van der Waals surface area contributed by atoms with Gasteiger partial charge in [-0.25, -0.2) is 9.97 Å². The SMILES string of the molecule is C=Cc1cc(OCCC2CC2C2CCN(c3ncc(Cl)cn3)CC2)ccc1CC(=O)N1Cc2nnc(C(F)(F)F)n2C(C)C1. The summed E-state index contributed by atoms with van der Waals surface area (Å²) in [6.07, 6.45) is 5.01. The molecule has 3 aromatic rings. The lowest BCUT2D eigenvalue weighted by Crippen LogP contribution is -2.42. The number of rotatable bonds is 9. The summed E-state index contributed by atoms with van der Waals surface area (Å²) in [4.78, 5) is 25.6. The van der Waals surface area contributed by atoms with E-state index in [1.54, 1.807) is 25.4 Å². The summed E-state index contributed by atoms with van der Waals surface area (Å²) in [7, 11) is 0. The van der Waals surface area contributed by atoms with Gasteiger partial charge >= 0.3 is 6.18 Å². The first-order valence-electron chi connectivity index (χ1n) is 15.0. The van der Waals surface area contributed by atoms with E-state index in [0.29, 0.717) is 17.5 Å². The van der Waals surface area contributed by atoms with Crippen LogP contribution in [0, 0.1) is 17.8 Å². The summed E-state index contributed by atoms with van der Waals surface area (Å²) in [5.41, 5.74) is 1.58. The molecule has 6 rings (SSSR count). The molecule has 3 aliphatic rings. The number of aromatic nitrogens is 5. The molecular formula is C31H35ClF3N7O2. The van der Waals surface area contributed by atoms with Crippen LogP contribution in [0.25, 0.3) is 6.08 Å². The van der Waals surface area contributed by atoms with Gasteiger partial charge in [-0.1, -0.05) is 30.3 Å². The molecule has 13 heteroatoms. The molecule has 1 aliphatic carbocycles. The van der Waals surface area contributed by atoms with Gasteiger partial charge in [0.15, 0.2) is 5.82 Å². The molecule has 0 N–H and O–H groups in total. The number of fused-ring (bicyclic) bond motifs is 1. The molecule has 1 amide bonds. The number of benzene rings is 1. The smallest absolute Gasteiger partial charge is 0.451 e. The van der Waals surface area contributed by atoms with Crippen molar-refractivity contribution >= 4 is 29.5 Å². The van der Waals surface area contributed by atoms with E-state index in [2.05, 4.69) is 31.6 Å². The second kappa shape index (κ2) is 12.4. The van der Waals surface area contributed by atoms with Crippen LogP contribution in [0.3, 0.4) is 0 Å². The Labute approximate surface area is 259 Å². The van der Waals surface area contributed by atoms with Gasteiger partial charge in [0.1, 0.15) is 5.75 Å². The Morgan fingerprint density at radius 3 is 2.64 bits per heavy atom. The second-order valence-electron chi connectivity index (χ2n) is 12.0. The summed E-state index contributed by atoms with van der Waals surface area (Å²) >= 11 is 5.91. The molecule has 44 heavy (non-hydrogen) atoms. The number of hydrogen-bond donors (Lipinski definition) is 0. The van der Waals surface area contributed by atoms with Crippen molar-refractivity contribution in [1.82, 2.24) is 29.6 Å². The molecule has 9 nitrogen and oxygen atoms in total. The number of carbonyl (C=O) groups is 1. The van der Waals surface area contributed by atoms with Crippen LogP contribution in [0.1, 0.15) is 61.4 Å². The van der Waals surface area contributed by atoms with E-state index >= 15 is 0 Å². The van der Waals surface area contributed by atoms with Crippen molar-refractivity contribution in [2.24, 2.45) is 17.8 Å². The molecule has 2 aromatic heterocycles. The number of halogens is 4. The fourth-order valence-corrected chi connectivity index (χ4v) is 6.80. The Morgan fingerprint density at radius 2 is 1.93 bits per heavy atom. The van der Waals surface area contributed by atoms with Gasteiger partial charge in [0.05, 0.1) is 43.0 Å². The summed E-state index contributed by atoms with van der Waals surface area (Å²) in [6.45, 7) is 8.21. The van der Waals surface area contributed by atoms with Crippen LogP contribution in [0.4, 0.5) is 19.1 Å². The molecule has 0 radical (unpaired) electrons. The summed E-state index contributed by atoms with van der Waals surface area (Å²) < 4.78 is 47.1. The zero-order chi connectivity index (χ0) is 31.0. The van der Waals surface area contributed by atoms with Crippen molar-refractivity contribution in [3.05, 3.63) is 65.0 Å². The number of anilines is 1. The number of hydrogen-bond acceptors (Lipinski definition) is 7. The molecular weight excluding hydrogens is 595 g/mol. The van der Waals surface area contributed by atoms with E-state index in [4.69, 9.17) is 16.3 Å². The number of amides is 1. The number of nitrogens with zero attached hydrogens (tertiary/aromatic N) is 7. The standard InChI is InChI=1S/C31H35ClF3N7O2/c1-3-20-12-25(44-11-8-23-13-26(23)21-6-9-40(10-7-21)30-36-15-24(32)16-37-30)5-4-22(20)14-28(43)41-17-19(2)42-27(18-41)38-39-29(42)31(33,34)35/h3-5,12,15-16,19,21,23,26H,1,6-11,13-14,17-18H2,2H3. The number of ether oxygens (including phenoxy) is 1. The fourth-order valence-electron chi connectivity index (χ4n) is 6.71. The third-order valence-corrected chi connectivity index (χ3v) is 9.27. The second-order valence-corrected chi connectivity index (χ2v) is 12.4. The monoisotopic (exact) mass is 629 g/mol. The highest BCUT2D eigenvalue weighted by Gasteiger charge is 2.44. The summed E-state index contributed by atoms with van der Waals surface area (Å²) in [5, 5.41) is 7.58. The van der Waals surface area contributed by atoms with E-state index < -0.39 is 18.0 Å². The number of alkyl halides is 3. The molecule has 2 aliphatic heterocycles. The lowest BCUT2D eigenvalue weighted by Gasteiger charge is -2.33. The Kier molecular flexibility index (Phi) is 8.54. The van der Waals surface area contributed by atoms with Crippen LogP contribution in [0.5, 0.6) is 5.75 Å². The zero-order valence-electron chi connectivity index (χ0n) is 24.5. The van der Waals surface area contributed by atoms with Crippen molar-refractivity contribution in [2.45, 2.75) is 57.8 Å². The first-order valence-corrected chi connectivity index (χ1v) is 15.4. The topological polar surface area (TPSA) is 89.3 Å². The Morgan fingerprint density at radius 1 is 1.18 bits per heavy atom. The number of piperidine rings is 1. The predicted molar refractivity (Wildman–Crippen MR) is 159 cm³/mol. The lowest BCUT2D eigenvalue weighted by molar-refractivity contribution is -0.149. The van der Waals surface area contributed by atoms with Gasteiger partial charge in [-0.15, -0.1) is 10.2 Å². The van der Waals surface area contributed by atoms with E-state index in [1.165, 1.54) is 11.3 Å². The van der Waals surface area contributed by atoms with Crippen molar-refractivity contribution in [3.63, 3.8) is 0 Å². The van der Waals surface area contributed by atoms with E-state index in [9.17, 15) is 18.0 Å². The molecule has 1 saturated heterocycles. The first kappa shape index (κ1) is 30.4. The van der Waals surface area contributed by atoms with Crippen LogP contribution in [-0.2, 0) is 23.9 Å². The van der Waals surface area contributed by atoms with Crippen molar-refractivity contribution in [3.8, 4) is 5.75 Å². The van der Waals surface area contributed by atoms with Crippen LogP contribution >= 0.6 is 11.6 Å². The third-order valence-electron chi connectivity index (χ3n) is 9.08. The van der Waals surface area contributed by atoms with Crippen LogP contribution in [0.2, 0.25) is 5.02 Å². The van der Waals surface area contributed by atoms with Gasteiger partial charge in [0.2, 0.25) is 17.7 Å². The van der Waals surface area contributed by atoms with Gasteiger partial charge in [0, 0.05) is 19.6 Å². The first-order chi connectivity index (χ1) is 21.1. The molecule has 234 valence electrons. The Balaban J connectivity index is 0.966. The van der Waals surface area contributed by atoms with Crippen molar-refractivity contribution < 1.29 is 22.7 Å². The lowest BCUT2D eigenvalue weighted by atomic mass is 9.90. The van der Waals surface area contributed by atoms with Gasteiger partial charge < -0.3 is 19.1 Å². The third kappa shape index (κ3) is 6.55. The number of carbonyl (C=O) groups excluding carboxylic acids is 1. The van der Waals surface area contributed by atoms with Crippen LogP contribution in [-0.4, -0.2) is 61.8 Å². The van der Waals surface area contributed by atoms with Crippen LogP contribution in [0.15, 0.2) is 37.2 Å². The largest absolute Gasteiger partial charge is 0.494 e. The highest BCUT2D eigenvalue weighted by atomic mass is 35.5. The molecule has 0 bridgehead atoms. The summed E-state index contributed by atoms with van der Waals surface area (Å²) in [5.74, 6) is 2.53. The van der Waals surface area contributed by atoms with E-state index in [-0.39, 0.29) is 31.2 Å². The maximum Gasteiger partial charge on any atom is 0.451 e. The van der Waals surface area contributed by atoms with E-state index in [0.717, 1.165) is 71.6 Å². The van der Waals surface area contributed by atoms with Gasteiger partial charge in [0.25, 0.3) is 0 Å². The van der Waals surface area contributed by atoms with Gasteiger partial charge in [-0.3, -0.25) is 4.79 Å². The molecule has 1 saturated carbocycles. The Hall–Kier alpha value is -3.67. The molecule has 3 unspecified atom stereocenters. The molecule has 2 fully saturated rings. The molecule has 0 spiro atoms. The van der Waals surface area contributed by atoms with Gasteiger partial charge in [-0.05, 0) is 73.6 Å². The van der Waals surface area contributed by atoms with Crippen molar-refractivity contribution in [1.29, 1.82) is 0 Å². The minimum absolute atomic E-state index is 0.0189. The summed E-state index contributed by atoms with van der Waals surface area (Å²) in [6, 6.07) is 5.02. The molecule has 1 aromatic carbocycles. The maximum atomic E-state index is 13.3. The Bertz CT molecular complexity index is 1500. The highest BCUT2D eigenvalue weighted by molar-refractivity contribution is 6.30. The van der Waals surface area contributed by atoms with Crippen LogP contribution < -0.4 is 9.64 Å². The minimum Gasteiger partial charge on any atom is -0.494 e. The predicted octanol–water partition coefficient (Wildman–Crippen LogP) is 5.85. The van der Waals surface area contributed by atoms with Crippen molar-refractivity contribution in [2.75, 3.05) is 31.1 Å². The minimum atomic E-state index is -4.60. The molecule has 4 heterocycles. The quantitative estimate of drug-likeness (QED) is 0.293. The highest BCUT2D eigenvalue weighted by Crippen LogP contribution is 2.50. The fraction of sp³-hybridized carbons (Fsp3) is 0.516. The van der Waals surface area contributed by atoms with Gasteiger partial charge in [-0.2, -0.15) is 13.2 Å².